The lowest BCUT2D eigenvalue weighted by Gasteiger charge is -2.34. The number of benzene rings is 1. The zero-order chi connectivity index (χ0) is 21.3. The number of carbonyl (C=O) groups excluding carboxylic acids is 2. The molecule has 1 saturated heterocycles. The average Bonchev–Trinajstić information content (AvgIpc) is 3.25. The number of esters is 1. The molecule has 8 heteroatoms. The second-order valence-electron chi connectivity index (χ2n) is 7.85. The minimum atomic E-state index is -0.605. The molecule has 1 aromatic carbocycles. The Morgan fingerprint density at radius 3 is 2.70 bits per heavy atom. The second-order valence-corrected chi connectivity index (χ2v) is 7.85. The third kappa shape index (κ3) is 3.87. The molecular weight excluding hydrogens is 388 g/mol. The van der Waals surface area contributed by atoms with Crippen molar-refractivity contribution in [1.29, 1.82) is 0 Å². The summed E-state index contributed by atoms with van der Waals surface area (Å²) >= 11 is 0. The van der Waals surface area contributed by atoms with Crippen molar-refractivity contribution in [2.75, 3.05) is 13.2 Å². The van der Waals surface area contributed by atoms with Gasteiger partial charge in [-0.2, -0.15) is 0 Å². The molecule has 30 heavy (non-hydrogen) atoms. The molecule has 1 aromatic rings. The topological polar surface area (TPSA) is 108 Å². The van der Waals surface area contributed by atoms with Gasteiger partial charge in [-0.25, -0.2) is 4.79 Å². The molecule has 0 amide bonds. The Labute approximate surface area is 174 Å². The summed E-state index contributed by atoms with van der Waals surface area (Å²) in [6.07, 6.45) is 3.59. The van der Waals surface area contributed by atoms with E-state index in [0.29, 0.717) is 35.4 Å². The van der Waals surface area contributed by atoms with E-state index in [0.717, 1.165) is 31.4 Å². The van der Waals surface area contributed by atoms with Crippen LogP contribution >= 0.6 is 0 Å². The molecule has 158 valence electrons. The lowest BCUT2D eigenvalue weighted by Crippen LogP contribution is -2.35. The number of nitrogens with zero attached hydrogens (tertiary/aromatic N) is 1. The molecule has 2 unspecified atom stereocenters. The first-order valence-corrected chi connectivity index (χ1v) is 10.2. The highest BCUT2D eigenvalue weighted by atomic mass is 16.6. The van der Waals surface area contributed by atoms with Crippen molar-refractivity contribution in [3.05, 3.63) is 62.5 Å². The Kier molecular flexibility index (Phi) is 5.67. The van der Waals surface area contributed by atoms with E-state index in [9.17, 15) is 19.7 Å². The van der Waals surface area contributed by atoms with Gasteiger partial charge in [-0.3, -0.25) is 14.9 Å². The van der Waals surface area contributed by atoms with E-state index in [2.05, 4.69) is 5.32 Å². The number of hydrogen-bond acceptors (Lipinski definition) is 7. The van der Waals surface area contributed by atoms with E-state index in [1.54, 1.807) is 19.1 Å². The largest absolute Gasteiger partial charge is 0.459 e. The van der Waals surface area contributed by atoms with Gasteiger partial charge in [-0.05, 0) is 38.2 Å². The van der Waals surface area contributed by atoms with Crippen LogP contribution in [-0.2, 0) is 19.1 Å². The van der Waals surface area contributed by atoms with E-state index >= 15 is 0 Å². The minimum Gasteiger partial charge on any atom is -0.459 e. The molecule has 0 radical (unpaired) electrons. The average molecular weight is 412 g/mol. The second kappa shape index (κ2) is 8.39. The highest BCUT2D eigenvalue weighted by Gasteiger charge is 2.39. The summed E-state index contributed by atoms with van der Waals surface area (Å²) in [5.74, 6) is -1.11. The number of dihydropyridines is 1. The van der Waals surface area contributed by atoms with E-state index in [4.69, 9.17) is 9.47 Å². The van der Waals surface area contributed by atoms with Gasteiger partial charge in [-0.1, -0.05) is 12.1 Å². The molecule has 8 nitrogen and oxygen atoms in total. The Bertz CT molecular complexity index is 941. The van der Waals surface area contributed by atoms with Crippen LogP contribution in [-0.4, -0.2) is 36.0 Å². The van der Waals surface area contributed by atoms with Gasteiger partial charge in [0.2, 0.25) is 0 Å². The molecule has 0 aromatic heterocycles. The maximum atomic E-state index is 13.1. The summed E-state index contributed by atoms with van der Waals surface area (Å²) in [4.78, 5) is 36.5. The van der Waals surface area contributed by atoms with Crippen LogP contribution < -0.4 is 5.32 Å². The van der Waals surface area contributed by atoms with Gasteiger partial charge in [0.1, 0.15) is 6.61 Å². The third-order valence-electron chi connectivity index (χ3n) is 5.86. The maximum Gasteiger partial charge on any atom is 0.336 e. The van der Waals surface area contributed by atoms with Gasteiger partial charge < -0.3 is 14.8 Å². The summed E-state index contributed by atoms with van der Waals surface area (Å²) in [6.45, 7) is 2.63. The van der Waals surface area contributed by atoms with Crippen LogP contribution in [0.2, 0.25) is 0 Å². The van der Waals surface area contributed by atoms with Crippen LogP contribution in [0.1, 0.15) is 50.5 Å². The molecular formula is C22H24N2O6. The minimum absolute atomic E-state index is 0.0102. The first kappa shape index (κ1) is 20.3. The van der Waals surface area contributed by atoms with Crippen molar-refractivity contribution in [3.8, 4) is 0 Å². The zero-order valence-corrected chi connectivity index (χ0v) is 16.8. The molecule has 1 fully saturated rings. The van der Waals surface area contributed by atoms with E-state index < -0.39 is 16.8 Å². The highest BCUT2D eigenvalue weighted by molar-refractivity contribution is 6.03. The summed E-state index contributed by atoms with van der Waals surface area (Å²) in [5, 5.41) is 14.3. The molecule has 0 bridgehead atoms. The van der Waals surface area contributed by atoms with Crippen LogP contribution in [0.15, 0.2) is 46.8 Å². The molecule has 0 saturated carbocycles. The summed E-state index contributed by atoms with van der Waals surface area (Å²) in [7, 11) is 0. The number of ether oxygens (including phenoxy) is 2. The van der Waals surface area contributed by atoms with Crippen molar-refractivity contribution in [3.63, 3.8) is 0 Å². The van der Waals surface area contributed by atoms with Crippen molar-refractivity contribution >= 4 is 17.4 Å². The number of nitro benzene ring substituents is 1. The molecule has 4 rings (SSSR count). The van der Waals surface area contributed by atoms with E-state index in [-0.39, 0.29) is 24.2 Å². The van der Waals surface area contributed by atoms with Crippen molar-refractivity contribution in [1.82, 2.24) is 5.32 Å². The molecule has 1 N–H and O–H groups in total. The maximum absolute atomic E-state index is 13.1. The van der Waals surface area contributed by atoms with Crippen LogP contribution in [0, 0.1) is 10.1 Å². The Morgan fingerprint density at radius 1 is 1.27 bits per heavy atom. The van der Waals surface area contributed by atoms with Crippen molar-refractivity contribution < 1.29 is 24.0 Å². The number of hydrogen-bond donors (Lipinski definition) is 1. The molecule has 3 aliphatic rings. The van der Waals surface area contributed by atoms with Crippen LogP contribution in [0.3, 0.4) is 0 Å². The molecule has 2 atom stereocenters. The number of non-ortho nitro benzene ring substituents is 1. The lowest BCUT2D eigenvalue weighted by atomic mass is 9.75. The highest BCUT2D eigenvalue weighted by Crippen LogP contribution is 2.42. The fraction of sp³-hybridized carbons (Fsp3) is 0.455. The Hall–Kier alpha value is -3.00. The number of Topliss-reactive ketones (excluding diaryl/α,β-unsaturated/α-hetero) is 1. The first-order chi connectivity index (χ1) is 14.5. The van der Waals surface area contributed by atoms with E-state index in [1.807, 2.05) is 0 Å². The molecule has 2 heterocycles. The Morgan fingerprint density at radius 2 is 2.03 bits per heavy atom. The van der Waals surface area contributed by atoms with Crippen LogP contribution in [0.4, 0.5) is 5.69 Å². The van der Waals surface area contributed by atoms with E-state index in [1.165, 1.54) is 12.1 Å². The van der Waals surface area contributed by atoms with Gasteiger partial charge in [0.05, 0.1) is 16.6 Å². The fourth-order valence-corrected chi connectivity index (χ4v) is 4.40. The van der Waals surface area contributed by atoms with Gasteiger partial charge in [0.25, 0.3) is 5.69 Å². The van der Waals surface area contributed by atoms with Gasteiger partial charge >= 0.3 is 5.97 Å². The number of allylic oxidation sites excluding steroid dienone is 3. The van der Waals surface area contributed by atoms with Crippen LogP contribution in [0.5, 0.6) is 0 Å². The number of nitrogens with one attached hydrogen (secondary N) is 1. The normalized spacial score (nSPS) is 23.8. The van der Waals surface area contributed by atoms with Gasteiger partial charge in [0.15, 0.2) is 5.78 Å². The van der Waals surface area contributed by atoms with Crippen molar-refractivity contribution in [2.24, 2.45) is 0 Å². The predicted molar refractivity (Wildman–Crippen MR) is 107 cm³/mol. The number of ketones is 1. The number of carbonyl (C=O) groups is 2. The smallest absolute Gasteiger partial charge is 0.336 e. The summed E-state index contributed by atoms with van der Waals surface area (Å²) in [5.41, 5.74) is 3.01. The van der Waals surface area contributed by atoms with Gasteiger partial charge in [0, 0.05) is 48.0 Å². The monoisotopic (exact) mass is 412 g/mol. The zero-order valence-electron chi connectivity index (χ0n) is 16.8. The fourth-order valence-electron chi connectivity index (χ4n) is 4.40. The standard InChI is InChI=1S/C22H24N2O6/c1-13-19(22(26)30-12-16-4-3-11-29-16)20(14-7-9-15(10-8-14)24(27)28)21-17(23-13)5-2-6-18(21)25/h7-10,16,20,23H,2-6,11-12H2,1H3. The molecule has 2 aliphatic heterocycles. The Balaban J connectivity index is 1.69. The van der Waals surface area contributed by atoms with Gasteiger partial charge in [-0.15, -0.1) is 0 Å². The molecule has 0 spiro atoms. The predicted octanol–water partition coefficient (Wildman–Crippen LogP) is 3.28. The van der Waals surface area contributed by atoms with Crippen molar-refractivity contribution in [2.45, 2.75) is 51.0 Å². The molecule has 1 aliphatic carbocycles. The third-order valence-corrected chi connectivity index (χ3v) is 5.86. The quantitative estimate of drug-likeness (QED) is 0.449. The number of nitro groups is 1. The number of rotatable bonds is 5. The SMILES string of the molecule is CC1=C(C(=O)OCC2CCCO2)C(c2ccc([N+](=O)[O-])cc2)C2=C(CCCC2=O)N1. The summed E-state index contributed by atoms with van der Waals surface area (Å²) < 4.78 is 11.1. The lowest BCUT2D eigenvalue weighted by molar-refractivity contribution is -0.384. The first-order valence-electron chi connectivity index (χ1n) is 10.2. The summed E-state index contributed by atoms with van der Waals surface area (Å²) in [6, 6.07) is 6.02. The van der Waals surface area contributed by atoms with Crippen LogP contribution in [0.25, 0.3) is 0 Å².